The number of likely N-dealkylation sites (tertiary alicyclic amines) is 2. The van der Waals surface area contributed by atoms with Gasteiger partial charge >= 0.3 is 6.09 Å². The summed E-state index contributed by atoms with van der Waals surface area (Å²) in [5.74, 6) is 0.210. The minimum absolute atomic E-state index is 0.0422. The van der Waals surface area contributed by atoms with E-state index in [1.165, 1.54) is 4.90 Å². The van der Waals surface area contributed by atoms with E-state index < -0.39 is 23.9 Å². The smallest absolute Gasteiger partial charge is 0.410 e. The van der Waals surface area contributed by atoms with Gasteiger partial charge in [-0.05, 0) is 63.9 Å². The summed E-state index contributed by atoms with van der Waals surface area (Å²) < 4.78 is 27.1. The number of aromatic nitrogens is 3. The molecule has 2 unspecified atom stereocenters. The summed E-state index contributed by atoms with van der Waals surface area (Å²) in [6.07, 6.45) is 5.85. The quantitative estimate of drug-likeness (QED) is 0.473. The lowest BCUT2D eigenvalue weighted by atomic mass is 9.91. The van der Waals surface area contributed by atoms with Crippen LogP contribution in [0.2, 0.25) is 0 Å². The summed E-state index contributed by atoms with van der Waals surface area (Å²) in [5, 5.41) is 12.3. The van der Waals surface area contributed by atoms with E-state index in [-0.39, 0.29) is 36.2 Å². The van der Waals surface area contributed by atoms with Crippen LogP contribution in [0, 0.1) is 5.92 Å². The van der Waals surface area contributed by atoms with Crippen molar-refractivity contribution in [2.24, 2.45) is 5.92 Å². The second kappa shape index (κ2) is 10.7. The zero-order valence-electron chi connectivity index (χ0n) is 25.0. The molecule has 3 aliphatic heterocycles. The lowest BCUT2D eigenvalue weighted by Crippen LogP contribution is -2.58. The summed E-state index contributed by atoms with van der Waals surface area (Å²) in [7, 11) is 0. The molecule has 2 amide bonds. The number of carbonyl (C=O) groups is 2. The molecule has 3 saturated heterocycles. The molecule has 4 fully saturated rings. The highest BCUT2D eigenvalue weighted by Gasteiger charge is 2.48. The molecule has 4 aliphatic rings. The monoisotopic (exact) mass is 583 g/mol. The first-order valence-electron chi connectivity index (χ1n) is 15.1. The molecule has 228 valence electrons. The molecule has 42 heavy (non-hydrogen) atoms. The summed E-state index contributed by atoms with van der Waals surface area (Å²) in [6.45, 7) is 14.0. The van der Waals surface area contributed by atoms with E-state index in [4.69, 9.17) is 19.6 Å². The Morgan fingerprint density at radius 3 is 2.64 bits per heavy atom. The van der Waals surface area contributed by atoms with Crippen molar-refractivity contribution in [2.45, 2.75) is 89.0 Å². The normalized spacial score (nSPS) is 27.2. The predicted molar refractivity (Wildman–Crippen MR) is 155 cm³/mol. The van der Waals surface area contributed by atoms with Crippen LogP contribution in [0.5, 0.6) is 5.88 Å². The van der Waals surface area contributed by atoms with Crippen LogP contribution in [0.3, 0.4) is 0 Å². The van der Waals surface area contributed by atoms with Crippen LogP contribution >= 0.6 is 0 Å². The molecular formula is C30H42FN7O4. The summed E-state index contributed by atoms with van der Waals surface area (Å²) in [6, 6.07) is 1.93. The molecule has 12 heteroatoms. The van der Waals surface area contributed by atoms with E-state index in [1.54, 1.807) is 11.1 Å². The fraction of sp³-hybridized carbons (Fsp3) is 0.667. The standard InChI is InChI=1S/C30H42FN7O4/c1-18(2)24-25-32-11-8-23(38(25)35-26(24)41-21-7-9-29(4,5)33-13-21)34-30-10-6-20(12-30)14-37(17-30)28(40)42-22-15-36(16-22)27(39)19(3)31/h8,11,18,20-22,33-34H,3,6-7,9-10,12-17H2,1-2,4-5H3/t20?,21-,30?/m1/s1. The third-order valence-electron chi connectivity index (χ3n) is 9.24. The van der Waals surface area contributed by atoms with Crippen LogP contribution in [0.4, 0.5) is 15.0 Å². The molecular weight excluding hydrogens is 541 g/mol. The number of halogens is 1. The molecule has 0 aromatic carbocycles. The third-order valence-corrected chi connectivity index (χ3v) is 9.24. The maximum Gasteiger partial charge on any atom is 0.410 e. The van der Waals surface area contributed by atoms with Gasteiger partial charge in [0, 0.05) is 31.4 Å². The van der Waals surface area contributed by atoms with E-state index in [0.717, 1.165) is 55.7 Å². The van der Waals surface area contributed by atoms with Crippen molar-refractivity contribution >= 4 is 23.5 Å². The first-order valence-corrected chi connectivity index (χ1v) is 15.1. The highest BCUT2D eigenvalue weighted by molar-refractivity contribution is 5.91. The number of rotatable bonds is 7. The van der Waals surface area contributed by atoms with Crippen LogP contribution in [0.25, 0.3) is 5.65 Å². The Labute approximate surface area is 245 Å². The number of piperidine rings is 2. The Morgan fingerprint density at radius 2 is 1.95 bits per heavy atom. The Hall–Kier alpha value is -3.41. The van der Waals surface area contributed by atoms with Crippen molar-refractivity contribution in [1.82, 2.24) is 29.7 Å². The van der Waals surface area contributed by atoms with Crippen molar-refractivity contribution in [3.8, 4) is 5.88 Å². The minimum atomic E-state index is -1.00. The van der Waals surface area contributed by atoms with E-state index >= 15 is 0 Å². The molecule has 0 radical (unpaired) electrons. The largest absolute Gasteiger partial charge is 0.472 e. The van der Waals surface area contributed by atoms with Crippen LogP contribution in [0.1, 0.15) is 71.3 Å². The van der Waals surface area contributed by atoms with E-state index in [1.807, 2.05) is 10.6 Å². The van der Waals surface area contributed by atoms with Crippen LogP contribution in [0.15, 0.2) is 24.7 Å². The molecule has 0 spiro atoms. The van der Waals surface area contributed by atoms with Crippen LogP contribution in [-0.2, 0) is 9.53 Å². The summed E-state index contributed by atoms with van der Waals surface area (Å²) in [4.78, 5) is 32.6. The van der Waals surface area contributed by atoms with Gasteiger partial charge in [0.15, 0.2) is 11.5 Å². The number of carbonyl (C=O) groups excluding carboxylic acids is 2. The lowest BCUT2D eigenvalue weighted by molar-refractivity contribution is -0.139. The first kappa shape index (κ1) is 28.7. The van der Waals surface area contributed by atoms with Gasteiger partial charge in [0.05, 0.1) is 24.2 Å². The number of nitrogens with zero attached hydrogens (tertiary/aromatic N) is 5. The number of fused-ring (bicyclic) bond motifs is 3. The average Bonchev–Trinajstić information content (AvgIpc) is 3.43. The maximum absolute atomic E-state index is 13.1. The van der Waals surface area contributed by atoms with E-state index in [9.17, 15) is 14.0 Å². The van der Waals surface area contributed by atoms with Gasteiger partial charge in [-0.1, -0.05) is 20.4 Å². The molecule has 6 rings (SSSR count). The van der Waals surface area contributed by atoms with Gasteiger partial charge < -0.3 is 29.9 Å². The Bertz CT molecular complexity index is 1380. The minimum Gasteiger partial charge on any atom is -0.472 e. The fourth-order valence-electron chi connectivity index (χ4n) is 6.90. The van der Waals surface area contributed by atoms with Crippen LogP contribution in [-0.4, -0.2) is 92.4 Å². The number of nitrogens with one attached hydrogen (secondary N) is 2. The first-order chi connectivity index (χ1) is 19.9. The number of hydrogen-bond donors (Lipinski definition) is 2. The lowest BCUT2D eigenvalue weighted by Gasteiger charge is -2.43. The SMILES string of the molecule is C=C(F)C(=O)N1CC(OC(=O)N2CC3CCC(Nc4ccnc5c(C(C)C)c(O[C@@H]6CCC(C)(C)NC6)nn45)(C3)C2)C1. The molecule has 2 aromatic rings. The van der Waals surface area contributed by atoms with Crippen LogP contribution < -0.4 is 15.4 Å². The topological polar surface area (TPSA) is 113 Å². The van der Waals surface area contributed by atoms with Gasteiger partial charge in [-0.2, -0.15) is 4.52 Å². The molecule has 2 N–H and O–H groups in total. The highest BCUT2D eigenvalue weighted by Crippen LogP contribution is 2.43. The summed E-state index contributed by atoms with van der Waals surface area (Å²) in [5.41, 5.74) is 1.54. The van der Waals surface area contributed by atoms with Gasteiger partial charge in [0.1, 0.15) is 18.0 Å². The molecule has 2 bridgehead atoms. The second-order valence-corrected chi connectivity index (χ2v) is 13.5. The number of anilines is 1. The van der Waals surface area contributed by atoms with Crippen molar-refractivity contribution in [2.75, 3.05) is 38.0 Å². The zero-order chi connectivity index (χ0) is 29.8. The van der Waals surface area contributed by atoms with Gasteiger partial charge in [0.25, 0.3) is 5.91 Å². The number of ether oxygens (including phenoxy) is 2. The molecule has 5 heterocycles. The highest BCUT2D eigenvalue weighted by atomic mass is 19.1. The van der Waals surface area contributed by atoms with Gasteiger partial charge in [0.2, 0.25) is 5.88 Å². The summed E-state index contributed by atoms with van der Waals surface area (Å²) >= 11 is 0. The Balaban J connectivity index is 1.17. The van der Waals surface area contributed by atoms with Crippen molar-refractivity contribution in [1.29, 1.82) is 0 Å². The molecule has 3 atom stereocenters. The average molecular weight is 584 g/mol. The third kappa shape index (κ3) is 5.52. The maximum atomic E-state index is 13.1. The number of amides is 2. The van der Waals surface area contributed by atoms with Gasteiger partial charge in [-0.3, -0.25) is 4.79 Å². The predicted octanol–water partition coefficient (Wildman–Crippen LogP) is 3.86. The van der Waals surface area contributed by atoms with Crippen molar-refractivity contribution < 1.29 is 23.5 Å². The molecule has 11 nitrogen and oxygen atoms in total. The fourth-order valence-corrected chi connectivity index (χ4v) is 6.90. The second-order valence-electron chi connectivity index (χ2n) is 13.5. The van der Waals surface area contributed by atoms with Crippen molar-refractivity contribution in [3.63, 3.8) is 0 Å². The van der Waals surface area contributed by atoms with Crippen molar-refractivity contribution in [3.05, 3.63) is 30.2 Å². The Kier molecular flexibility index (Phi) is 7.31. The zero-order valence-corrected chi connectivity index (χ0v) is 25.0. The molecule has 2 aromatic heterocycles. The molecule has 1 aliphatic carbocycles. The number of hydrogen-bond acceptors (Lipinski definition) is 8. The molecule has 1 saturated carbocycles. The Morgan fingerprint density at radius 1 is 1.17 bits per heavy atom. The van der Waals surface area contributed by atoms with Gasteiger partial charge in [-0.25, -0.2) is 14.2 Å². The van der Waals surface area contributed by atoms with Gasteiger partial charge in [-0.15, -0.1) is 5.10 Å². The van der Waals surface area contributed by atoms with E-state index in [0.29, 0.717) is 24.9 Å². The van der Waals surface area contributed by atoms with E-state index in [2.05, 4.69) is 44.9 Å².